The fourth-order valence-corrected chi connectivity index (χ4v) is 2.66. The van der Waals surface area contributed by atoms with E-state index in [1.807, 2.05) is 0 Å². The lowest BCUT2D eigenvalue weighted by atomic mass is 10.2. The Morgan fingerprint density at radius 2 is 1.95 bits per heavy atom. The van der Waals surface area contributed by atoms with Crippen molar-refractivity contribution in [1.82, 2.24) is 0 Å². The number of nitro benzene ring substituents is 1. The predicted octanol–water partition coefficient (Wildman–Crippen LogP) is 4.28. The summed E-state index contributed by atoms with van der Waals surface area (Å²) in [5, 5.41) is 10.9. The minimum atomic E-state index is -0.871. The number of benzene rings is 2. The highest BCUT2D eigenvalue weighted by molar-refractivity contribution is 7.98. The molecule has 0 spiro atoms. The summed E-state index contributed by atoms with van der Waals surface area (Å²) in [6.45, 7) is 1.51. The lowest BCUT2D eigenvalue weighted by Gasteiger charge is -2.13. The molecule has 0 aliphatic heterocycles. The van der Waals surface area contributed by atoms with Gasteiger partial charge in [0.15, 0.2) is 11.6 Å². The molecule has 0 saturated heterocycles. The van der Waals surface area contributed by atoms with Crippen LogP contribution in [0.25, 0.3) is 0 Å². The fraction of sp³-hybridized carbons (Fsp3) is 0.143. The summed E-state index contributed by atoms with van der Waals surface area (Å²) in [6.07, 6.45) is 1.65. The number of hydrogen-bond acceptors (Lipinski definition) is 5. The number of nitro groups is 1. The molecule has 116 valence electrons. The molecule has 0 radical (unpaired) electrons. The van der Waals surface area contributed by atoms with Crippen molar-refractivity contribution >= 4 is 23.1 Å². The molecule has 0 aromatic heterocycles. The molecule has 0 fully saturated rings. The van der Waals surface area contributed by atoms with Gasteiger partial charge in [-0.05, 0) is 25.3 Å². The topological polar surface area (TPSA) is 78.4 Å². The number of nitrogens with two attached hydrogens (primary N) is 1. The van der Waals surface area contributed by atoms with Crippen LogP contribution in [0.1, 0.15) is 5.56 Å². The van der Waals surface area contributed by atoms with Crippen LogP contribution in [0.2, 0.25) is 0 Å². The second-order valence-corrected chi connectivity index (χ2v) is 5.22. The standard InChI is InChI=1S/C14H12F2N2O3S/c1-7-12(18(19)20)6-10(16)13(14(7)22-2)21-8-3-4-9(15)11(17)5-8/h3-6H,17H2,1-2H3. The van der Waals surface area contributed by atoms with Gasteiger partial charge in [0, 0.05) is 11.6 Å². The first-order valence-electron chi connectivity index (χ1n) is 6.09. The van der Waals surface area contributed by atoms with Crippen LogP contribution in [0.15, 0.2) is 29.2 Å². The molecule has 0 heterocycles. The van der Waals surface area contributed by atoms with Gasteiger partial charge in [0.25, 0.3) is 5.69 Å². The summed E-state index contributed by atoms with van der Waals surface area (Å²) < 4.78 is 32.7. The Morgan fingerprint density at radius 1 is 1.27 bits per heavy atom. The van der Waals surface area contributed by atoms with E-state index in [4.69, 9.17) is 10.5 Å². The average Bonchev–Trinajstić information content (AvgIpc) is 2.46. The molecule has 2 aromatic rings. The molecule has 0 aliphatic carbocycles. The van der Waals surface area contributed by atoms with Crippen LogP contribution < -0.4 is 10.5 Å². The highest BCUT2D eigenvalue weighted by Gasteiger charge is 2.23. The Balaban J connectivity index is 2.52. The van der Waals surface area contributed by atoms with Gasteiger partial charge in [0.05, 0.1) is 21.6 Å². The van der Waals surface area contributed by atoms with Gasteiger partial charge >= 0.3 is 0 Å². The minimum Gasteiger partial charge on any atom is -0.453 e. The first-order chi connectivity index (χ1) is 10.3. The Hall–Kier alpha value is -2.35. The molecule has 5 nitrogen and oxygen atoms in total. The van der Waals surface area contributed by atoms with E-state index in [0.717, 1.165) is 23.9 Å². The van der Waals surface area contributed by atoms with Crippen molar-refractivity contribution < 1.29 is 18.4 Å². The van der Waals surface area contributed by atoms with E-state index in [9.17, 15) is 18.9 Å². The number of ether oxygens (including phenoxy) is 1. The van der Waals surface area contributed by atoms with Crippen LogP contribution in [0.4, 0.5) is 20.2 Å². The molecular formula is C14H12F2N2O3S. The van der Waals surface area contributed by atoms with Gasteiger partial charge in [-0.2, -0.15) is 0 Å². The highest BCUT2D eigenvalue weighted by atomic mass is 32.2. The molecule has 2 rings (SSSR count). The summed E-state index contributed by atoms with van der Waals surface area (Å²) >= 11 is 1.12. The van der Waals surface area contributed by atoms with Crippen LogP contribution in [0.3, 0.4) is 0 Å². The van der Waals surface area contributed by atoms with Crippen molar-refractivity contribution in [1.29, 1.82) is 0 Å². The Labute approximate surface area is 129 Å². The van der Waals surface area contributed by atoms with E-state index >= 15 is 0 Å². The van der Waals surface area contributed by atoms with Crippen LogP contribution in [-0.2, 0) is 0 Å². The van der Waals surface area contributed by atoms with E-state index in [1.165, 1.54) is 19.1 Å². The van der Waals surface area contributed by atoms with E-state index in [-0.39, 0.29) is 22.9 Å². The van der Waals surface area contributed by atoms with Gasteiger partial charge in [-0.25, -0.2) is 8.78 Å². The van der Waals surface area contributed by atoms with Gasteiger partial charge in [-0.3, -0.25) is 10.1 Å². The summed E-state index contributed by atoms with van der Waals surface area (Å²) in [6, 6.07) is 4.42. The van der Waals surface area contributed by atoms with Crippen molar-refractivity contribution in [3.05, 3.63) is 51.6 Å². The van der Waals surface area contributed by atoms with Crippen LogP contribution in [0, 0.1) is 28.7 Å². The number of thioether (sulfide) groups is 1. The molecule has 8 heteroatoms. The number of rotatable bonds is 4. The molecule has 0 unspecified atom stereocenters. The Bertz CT molecular complexity index is 753. The summed E-state index contributed by atoms with van der Waals surface area (Å²) in [5.41, 5.74) is 5.27. The molecule has 0 aliphatic rings. The minimum absolute atomic E-state index is 0.137. The monoisotopic (exact) mass is 326 g/mol. The van der Waals surface area contributed by atoms with Crippen molar-refractivity contribution in [3.63, 3.8) is 0 Å². The third-order valence-electron chi connectivity index (χ3n) is 3.00. The molecular weight excluding hydrogens is 314 g/mol. The third kappa shape index (κ3) is 2.96. The van der Waals surface area contributed by atoms with Crippen molar-refractivity contribution in [2.24, 2.45) is 0 Å². The zero-order valence-corrected chi connectivity index (χ0v) is 12.5. The molecule has 0 atom stereocenters. The molecule has 0 amide bonds. The summed E-state index contributed by atoms with van der Waals surface area (Å²) in [4.78, 5) is 10.6. The number of hydrogen-bond donors (Lipinski definition) is 1. The molecule has 2 aromatic carbocycles. The maximum atomic E-state index is 14.2. The largest absolute Gasteiger partial charge is 0.453 e. The van der Waals surface area contributed by atoms with E-state index in [1.54, 1.807) is 6.26 Å². The van der Waals surface area contributed by atoms with Gasteiger partial charge < -0.3 is 10.5 Å². The van der Waals surface area contributed by atoms with Gasteiger partial charge in [0.2, 0.25) is 0 Å². The maximum Gasteiger partial charge on any atom is 0.276 e. The lowest BCUT2D eigenvalue weighted by molar-refractivity contribution is -0.385. The quantitative estimate of drug-likeness (QED) is 0.393. The molecule has 0 bridgehead atoms. The lowest BCUT2D eigenvalue weighted by Crippen LogP contribution is -2.00. The van der Waals surface area contributed by atoms with Crippen molar-refractivity contribution in [3.8, 4) is 11.5 Å². The smallest absolute Gasteiger partial charge is 0.276 e. The Kier molecular flexibility index (Phi) is 4.51. The predicted molar refractivity (Wildman–Crippen MR) is 80.5 cm³/mol. The van der Waals surface area contributed by atoms with Crippen LogP contribution in [0.5, 0.6) is 11.5 Å². The van der Waals surface area contributed by atoms with Gasteiger partial charge in [0.1, 0.15) is 11.6 Å². The molecule has 22 heavy (non-hydrogen) atoms. The van der Waals surface area contributed by atoms with E-state index in [2.05, 4.69) is 0 Å². The first-order valence-corrected chi connectivity index (χ1v) is 7.32. The first kappa shape index (κ1) is 16.0. The summed E-state index contributed by atoms with van der Waals surface area (Å²) in [5.74, 6) is -1.50. The second kappa shape index (κ2) is 6.18. The van der Waals surface area contributed by atoms with Gasteiger partial charge in [-0.1, -0.05) is 0 Å². The number of anilines is 1. The number of halogens is 2. The third-order valence-corrected chi connectivity index (χ3v) is 3.90. The highest BCUT2D eigenvalue weighted by Crippen LogP contribution is 2.41. The number of nitrogen functional groups attached to an aromatic ring is 1. The van der Waals surface area contributed by atoms with Crippen molar-refractivity contribution in [2.45, 2.75) is 11.8 Å². The van der Waals surface area contributed by atoms with Crippen LogP contribution in [-0.4, -0.2) is 11.2 Å². The Morgan fingerprint density at radius 3 is 2.50 bits per heavy atom. The molecule has 0 saturated carbocycles. The summed E-state index contributed by atoms with van der Waals surface area (Å²) in [7, 11) is 0. The average molecular weight is 326 g/mol. The van der Waals surface area contributed by atoms with E-state index in [0.29, 0.717) is 10.5 Å². The molecule has 2 N–H and O–H groups in total. The van der Waals surface area contributed by atoms with Crippen LogP contribution >= 0.6 is 11.8 Å². The zero-order chi connectivity index (χ0) is 16.4. The number of nitrogens with zero attached hydrogens (tertiary/aromatic N) is 1. The SMILES string of the molecule is CSc1c(C)c([N+](=O)[O-])cc(F)c1Oc1ccc(F)c(N)c1. The fourth-order valence-electron chi connectivity index (χ4n) is 1.92. The van der Waals surface area contributed by atoms with Crippen molar-refractivity contribution in [2.75, 3.05) is 12.0 Å². The normalized spacial score (nSPS) is 10.5. The van der Waals surface area contributed by atoms with E-state index < -0.39 is 16.6 Å². The zero-order valence-electron chi connectivity index (χ0n) is 11.7. The maximum absolute atomic E-state index is 14.2. The van der Waals surface area contributed by atoms with Gasteiger partial charge in [-0.15, -0.1) is 11.8 Å². The second-order valence-electron chi connectivity index (χ2n) is 4.41.